The number of ether oxygens (including phenoxy) is 2. The van der Waals surface area contributed by atoms with E-state index >= 15 is 4.39 Å². The van der Waals surface area contributed by atoms with Gasteiger partial charge in [0, 0.05) is 74.8 Å². The lowest BCUT2D eigenvalue weighted by Crippen LogP contribution is -2.59. The molecule has 4 atom stereocenters. The highest BCUT2D eigenvalue weighted by atomic mass is 19.4. The lowest BCUT2D eigenvalue weighted by molar-refractivity contribution is -0.145. The Bertz CT molecular complexity index is 2540. The van der Waals surface area contributed by atoms with E-state index in [1.807, 2.05) is 13.8 Å². The van der Waals surface area contributed by atoms with Crippen LogP contribution < -0.4 is 10.7 Å². The van der Waals surface area contributed by atoms with Crippen LogP contribution in [0.25, 0.3) is 33.3 Å². The van der Waals surface area contributed by atoms with E-state index in [1.165, 1.54) is 51.7 Å². The van der Waals surface area contributed by atoms with Crippen molar-refractivity contribution >= 4 is 41.0 Å². The molecule has 0 aliphatic carbocycles. The Morgan fingerprint density at radius 3 is 2.45 bits per heavy atom. The quantitative estimate of drug-likeness (QED) is 0.0565. The van der Waals surface area contributed by atoms with Crippen LogP contribution in [0.4, 0.5) is 17.6 Å². The summed E-state index contributed by atoms with van der Waals surface area (Å²) in [5.74, 6) is -3.22. The zero-order chi connectivity index (χ0) is 50.4. The summed E-state index contributed by atoms with van der Waals surface area (Å²) >= 11 is 0. The molecule has 69 heavy (non-hydrogen) atoms. The Morgan fingerprint density at radius 1 is 1.04 bits per heavy atom. The number of nitrogens with zero attached hydrogens (tertiary/aromatic N) is 5. The van der Waals surface area contributed by atoms with Crippen molar-refractivity contribution < 1.29 is 51.0 Å². The van der Waals surface area contributed by atoms with Crippen molar-refractivity contribution in [2.45, 2.75) is 97.6 Å². The summed E-state index contributed by atoms with van der Waals surface area (Å²) in [5.41, 5.74) is 5.38. The number of carbonyl (C=O) groups is 5. The second kappa shape index (κ2) is 22.1. The summed E-state index contributed by atoms with van der Waals surface area (Å²) in [6.07, 6.45) is -0.519. The molecule has 2 saturated heterocycles. The molecule has 2 N–H and O–H groups in total. The minimum absolute atomic E-state index is 0.0331. The molecule has 372 valence electrons. The van der Waals surface area contributed by atoms with Crippen LogP contribution in [-0.2, 0) is 52.8 Å². The first-order chi connectivity index (χ1) is 32.7. The number of rotatable bonds is 19. The zero-order valence-corrected chi connectivity index (χ0v) is 40.3. The van der Waals surface area contributed by atoms with Gasteiger partial charge in [-0.2, -0.15) is 13.2 Å². The number of alkyl halides is 3. The number of nitrogens with one attached hydrogen (secondary N) is 2. The number of likely N-dealkylation sites (tertiary alicyclic amines) is 1. The molecule has 2 aliphatic rings. The summed E-state index contributed by atoms with van der Waals surface area (Å²) in [7, 11) is 3.02. The molecule has 0 bridgehead atoms. The third-order valence-corrected chi connectivity index (χ3v) is 12.9. The van der Waals surface area contributed by atoms with E-state index < -0.39 is 65.8 Å². The second-order valence-electron chi connectivity index (χ2n) is 19.2. The first-order valence-corrected chi connectivity index (χ1v) is 23.2. The predicted octanol–water partition coefficient (Wildman–Crippen LogP) is 7.19. The molecule has 4 heterocycles. The molecule has 2 aromatic carbocycles. The summed E-state index contributed by atoms with van der Waals surface area (Å²) in [4.78, 5) is 73.5. The molecule has 4 amide bonds. The number of hydrogen-bond acceptors (Lipinski definition) is 9. The molecule has 2 fully saturated rings. The number of hydrogen-bond donors (Lipinski definition) is 2. The van der Waals surface area contributed by atoms with Gasteiger partial charge in [0.25, 0.3) is 12.4 Å². The Morgan fingerprint density at radius 2 is 1.80 bits per heavy atom. The number of halogens is 4. The molecular formula is C51H63F4N7O7. The van der Waals surface area contributed by atoms with Gasteiger partial charge in [0.2, 0.25) is 17.7 Å². The van der Waals surface area contributed by atoms with Gasteiger partial charge in [-0.3, -0.25) is 34.0 Å². The maximum atomic E-state index is 16.0. The van der Waals surface area contributed by atoms with E-state index in [1.54, 1.807) is 63.4 Å². The molecular weight excluding hydrogens is 899 g/mol. The minimum Gasteiger partial charge on any atom is -0.467 e. The summed E-state index contributed by atoms with van der Waals surface area (Å²) in [5, 5.41) is 4.80. The highest BCUT2D eigenvalue weighted by molar-refractivity contribution is 5.96. The molecule has 0 spiro atoms. The van der Waals surface area contributed by atoms with Crippen LogP contribution in [0.15, 0.2) is 67.4 Å². The van der Waals surface area contributed by atoms with E-state index in [0.29, 0.717) is 77.8 Å². The van der Waals surface area contributed by atoms with Gasteiger partial charge in [-0.1, -0.05) is 46.4 Å². The van der Waals surface area contributed by atoms with E-state index in [2.05, 4.69) is 22.3 Å². The zero-order valence-electron chi connectivity index (χ0n) is 40.3. The van der Waals surface area contributed by atoms with Gasteiger partial charge in [-0.15, -0.1) is 0 Å². The Balaban J connectivity index is 1.42. The molecule has 2 aliphatic heterocycles. The lowest BCUT2D eigenvalue weighted by atomic mass is 9.84. The summed E-state index contributed by atoms with van der Waals surface area (Å²) in [6, 6.07) is 10.3. The smallest absolute Gasteiger partial charge is 0.406 e. The standard InChI is InChI=1S/C51H63F4N7O7/c1-9-43(64)60-20-16-35(27-60)48(66)59(7)45(31(2)3)47(65)58-41(49(67)62-19-11-10-18-57-62)23-33-21-36(24-37(52)22-33)34-14-15-42-39(25-34)40(26-50(5,6)29-69-30-63)46(61(42)28-51(53,54)55)38-13-12-17-56-44(38)32(4)68-8/h9,12-15,17,21-22,24-25,30-32,35,41,45,57H,1,10-11,16,18-20,23,26-29H2,2-8H3,(H,58,65). The number of aromatic nitrogens is 2. The molecule has 4 unspecified atom stereocenters. The maximum absolute atomic E-state index is 16.0. The van der Waals surface area contributed by atoms with Crippen molar-refractivity contribution in [2.75, 3.05) is 46.9 Å². The number of fused-ring (bicyclic) bond motifs is 1. The van der Waals surface area contributed by atoms with Crippen LogP contribution >= 0.6 is 0 Å². The van der Waals surface area contributed by atoms with Gasteiger partial charge < -0.3 is 29.2 Å². The third-order valence-electron chi connectivity index (χ3n) is 12.9. The van der Waals surface area contributed by atoms with E-state index in [4.69, 9.17) is 9.47 Å². The van der Waals surface area contributed by atoms with E-state index in [0.717, 1.165) is 6.42 Å². The minimum atomic E-state index is -4.64. The first-order valence-electron chi connectivity index (χ1n) is 23.2. The molecule has 18 heteroatoms. The van der Waals surface area contributed by atoms with Crippen molar-refractivity contribution in [1.82, 2.24) is 35.1 Å². The highest BCUT2D eigenvalue weighted by Crippen LogP contribution is 2.43. The van der Waals surface area contributed by atoms with Crippen molar-refractivity contribution in [3.63, 3.8) is 0 Å². The fourth-order valence-corrected chi connectivity index (χ4v) is 9.61. The number of amides is 4. The normalized spacial score (nSPS) is 16.8. The Hall–Kier alpha value is -6.14. The Kier molecular flexibility index (Phi) is 16.7. The van der Waals surface area contributed by atoms with Gasteiger partial charge in [0.1, 0.15) is 24.4 Å². The van der Waals surface area contributed by atoms with Crippen molar-refractivity contribution in [2.24, 2.45) is 17.3 Å². The van der Waals surface area contributed by atoms with Crippen LogP contribution in [0.5, 0.6) is 0 Å². The fourth-order valence-electron chi connectivity index (χ4n) is 9.61. The summed E-state index contributed by atoms with van der Waals surface area (Å²) in [6.45, 7) is 12.9. The molecule has 0 saturated carbocycles. The van der Waals surface area contributed by atoms with Crippen molar-refractivity contribution in [1.29, 1.82) is 0 Å². The maximum Gasteiger partial charge on any atom is 0.406 e. The Labute approximate surface area is 400 Å². The highest BCUT2D eigenvalue weighted by Gasteiger charge is 2.39. The fraction of sp³-hybridized carbons (Fsp3) is 0.490. The topological polar surface area (TPSA) is 155 Å². The van der Waals surface area contributed by atoms with Gasteiger partial charge in [0.15, 0.2) is 0 Å². The van der Waals surface area contributed by atoms with E-state index in [9.17, 15) is 37.1 Å². The van der Waals surface area contributed by atoms with Gasteiger partial charge in [0.05, 0.1) is 30.0 Å². The number of hydrazine groups is 1. The largest absolute Gasteiger partial charge is 0.467 e. The number of pyridine rings is 1. The van der Waals surface area contributed by atoms with Gasteiger partial charge in [-0.05, 0) is 103 Å². The van der Waals surface area contributed by atoms with Crippen molar-refractivity contribution in [3.8, 4) is 22.4 Å². The van der Waals surface area contributed by atoms with Crippen LogP contribution in [0.1, 0.15) is 76.8 Å². The predicted molar refractivity (Wildman–Crippen MR) is 252 cm³/mol. The number of carbonyl (C=O) groups excluding carboxylic acids is 5. The van der Waals surface area contributed by atoms with Crippen LogP contribution in [0.2, 0.25) is 0 Å². The molecule has 2 aromatic heterocycles. The van der Waals surface area contributed by atoms with Crippen LogP contribution in [0, 0.1) is 23.1 Å². The molecule has 14 nitrogen and oxygen atoms in total. The SMILES string of the molecule is C=CC(=O)N1CCC(C(=O)N(C)C(C(=O)NC(Cc2cc(F)cc(-c3ccc4c(c3)c(CC(C)(C)COC=O)c(-c3cccnc3C(C)OC)n4CC(F)(F)F)c2)C(=O)N2CCCCN2)C(C)C)C1. The second-order valence-corrected chi connectivity index (χ2v) is 19.2. The molecule has 6 rings (SSSR count). The molecule has 0 radical (unpaired) electrons. The summed E-state index contributed by atoms with van der Waals surface area (Å²) < 4.78 is 71.8. The van der Waals surface area contributed by atoms with Gasteiger partial charge >= 0.3 is 6.18 Å². The monoisotopic (exact) mass is 961 g/mol. The third kappa shape index (κ3) is 12.4. The number of likely N-dealkylation sites (N-methyl/N-ethyl adjacent to an activating group) is 1. The van der Waals surface area contributed by atoms with Gasteiger partial charge in [-0.25, -0.2) is 9.82 Å². The average Bonchev–Trinajstić information content (AvgIpc) is 3.92. The van der Waals surface area contributed by atoms with Crippen LogP contribution in [-0.4, -0.2) is 120 Å². The number of benzene rings is 2. The average molecular weight is 962 g/mol. The first kappa shape index (κ1) is 52.2. The molecule has 4 aromatic rings. The lowest BCUT2D eigenvalue weighted by Gasteiger charge is -2.35. The van der Waals surface area contributed by atoms with Crippen molar-refractivity contribution in [3.05, 3.63) is 90.0 Å². The van der Waals surface area contributed by atoms with E-state index in [-0.39, 0.29) is 49.0 Å². The number of methoxy groups -OCH3 is 1. The van der Waals surface area contributed by atoms with Crippen LogP contribution in [0.3, 0.4) is 0 Å².